The van der Waals surface area contributed by atoms with Crippen LogP contribution in [0.4, 0.5) is 0 Å². The van der Waals surface area contributed by atoms with Gasteiger partial charge in [0, 0.05) is 19.0 Å². The zero-order valence-corrected chi connectivity index (χ0v) is 21.0. The van der Waals surface area contributed by atoms with Crippen LogP contribution in [0.1, 0.15) is 77.3 Å². The SMILES string of the molecule is CCNC(=O)c1coc(COc2ccc3c(c2)[C@H](c2ccc(C)cc2)N(C(=O)C2CCCC2)CC3)n1. The van der Waals surface area contributed by atoms with Crippen LogP contribution in [0.5, 0.6) is 5.75 Å². The predicted molar refractivity (Wildman–Crippen MR) is 136 cm³/mol. The molecule has 7 heteroatoms. The molecule has 1 atom stereocenters. The van der Waals surface area contributed by atoms with E-state index in [4.69, 9.17) is 9.15 Å². The third-order valence-corrected chi connectivity index (χ3v) is 7.21. The van der Waals surface area contributed by atoms with Crippen LogP contribution in [-0.4, -0.2) is 34.8 Å². The number of hydrogen-bond donors (Lipinski definition) is 1. The number of carbonyl (C=O) groups excluding carboxylic acids is 2. The predicted octanol–water partition coefficient (Wildman–Crippen LogP) is 4.98. The van der Waals surface area contributed by atoms with Crippen molar-refractivity contribution in [1.29, 1.82) is 0 Å². The summed E-state index contributed by atoms with van der Waals surface area (Å²) in [5.74, 6) is 1.14. The maximum Gasteiger partial charge on any atom is 0.273 e. The van der Waals surface area contributed by atoms with Gasteiger partial charge in [-0.05, 0) is 61.9 Å². The molecule has 7 nitrogen and oxygen atoms in total. The summed E-state index contributed by atoms with van der Waals surface area (Å²) in [6.07, 6.45) is 6.41. The Morgan fingerprint density at radius 2 is 1.92 bits per heavy atom. The molecule has 1 fully saturated rings. The van der Waals surface area contributed by atoms with Gasteiger partial charge in [0.25, 0.3) is 5.91 Å². The van der Waals surface area contributed by atoms with Crippen LogP contribution in [-0.2, 0) is 17.8 Å². The lowest BCUT2D eigenvalue weighted by molar-refractivity contribution is -0.137. The van der Waals surface area contributed by atoms with E-state index < -0.39 is 0 Å². The molecule has 0 saturated heterocycles. The fourth-order valence-electron chi connectivity index (χ4n) is 5.31. The molecule has 1 aliphatic carbocycles. The fraction of sp³-hybridized carbons (Fsp3) is 0.414. The summed E-state index contributed by atoms with van der Waals surface area (Å²) in [6.45, 7) is 5.28. The lowest BCUT2D eigenvalue weighted by atomic mass is 9.86. The highest BCUT2D eigenvalue weighted by Gasteiger charge is 2.36. The van der Waals surface area contributed by atoms with E-state index in [1.165, 1.54) is 17.4 Å². The first-order valence-corrected chi connectivity index (χ1v) is 12.9. The second-order valence-corrected chi connectivity index (χ2v) is 9.71. The van der Waals surface area contributed by atoms with Gasteiger partial charge in [0.2, 0.25) is 11.8 Å². The molecule has 2 amide bonds. The normalized spacial score (nSPS) is 17.6. The van der Waals surface area contributed by atoms with Gasteiger partial charge in [-0.1, -0.05) is 48.7 Å². The van der Waals surface area contributed by atoms with Gasteiger partial charge in [-0.25, -0.2) is 4.98 Å². The minimum Gasteiger partial charge on any atom is -0.484 e. The van der Waals surface area contributed by atoms with Gasteiger partial charge in [0.15, 0.2) is 12.3 Å². The molecule has 2 heterocycles. The van der Waals surface area contributed by atoms with E-state index in [0.29, 0.717) is 18.2 Å². The van der Waals surface area contributed by atoms with E-state index in [-0.39, 0.29) is 36.1 Å². The number of nitrogens with zero attached hydrogens (tertiary/aromatic N) is 2. The number of hydrogen-bond acceptors (Lipinski definition) is 5. The second kappa shape index (κ2) is 10.6. The highest BCUT2D eigenvalue weighted by Crippen LogP contribution is 2.39. The summed E-state index contributed by atoms with van der Waals surface area (Å²) >= 11 is 0. The van der Waals surface area contributed by atoms with E-state index in [1.807, 2.05) is 19.1 Å². The van der Waals surface area contributed by atoms with Crippen LogP contribution in [0.25, 0.3) is 0 Å². The summed E-state index contributed by atoms with van der Waals surface area (Å²) < 4.78 is 11.4. The lowest BCUT2D eigenvalue weighted by Crippen LogP contribution is -2.43. The molecule has 0 spiro atoms. The molecule has 1 aliphatic heterocycles. The summed E-state index contributed by atoms with van der Waals surface area (Å²) in [4.78, 5) is 31.9. The highest BCUT2D eigenvalue weighted by molar-refractivity contribution is 5.91. The smallest absolute Gasteiger partial charge is 0.273 e. The van der Waals surface area contributed by atoms with Gasteiger partial charge < -0.3 is 19.4 Å². The van der Waals surface area contributed by atoms with E-state index in [0.717, 1.165) is 49.8 Å². The average molecular weight is 488 g/mol. The summed E-state index contributed by atoms with van der Waals surface area (Å²) in [6, 6.07) is 14.4. The number of oxazole rings is 1. The van der Waals surface area contributed by atoms with Crippen molar-refractivity contribution in [3.8, 4) is 5.75 Å². The molecule has 188 valence electrons. The number of carbonyl (C=O) groups is 2. The highest BCUT2D eigenvalue weighted by atomic mass is 16.5. The van der Waals surface area contributed by atoms with E-state index >= 15 is 0 Å². The standard InChI is InChI=1S/C29H33N3O4/c1-3-30-28(33)25-17-36-26(31-25)18-35-23-13-12-20-14-15-32(29(34)22-6-4-5-7-22)27(24(20)16-23)21-10-8-19(2)9-11-21/h8-13,16-17,22,27H,3-7,14-15,18H2,1-2H3,(H,30,33)/t27-/m0/s1. The Hall–Kier alpha value is -3.61. The number of ether oxygens (including phenoxy) is 1. The minimum absolute atomic E-state index is 0.109. The monoisotopic (exact) mass is 487 g/mol. The summed E-state index contributed by atoms with van der Waals surface area (Å²) in [5.41, 5.74) is 4.88. The number of amides is 2. The van der Waals surface area contributed by atoms with Crippen LogP contribution in [0.3, 0.4) is 0 Å². The van der Waals surface area contributed by atoms with Crippen molar-refractivity contribution in [3.63, 3.8) is 0 Å². The van der Waals surface area contributed by atoms with Gasteiger partial charge >= 0.3 is 0 Å². The van der Waals surface area contributed by atoms with Gasteiger partial charge in [-0.3, -0.25) is 9.59 Å². The number of fused-ring (bicyclic) bond motifs is 1. The topological polar surface area (TPSA) is 84.7 Å². The Balaban J connectivity index is 1.40. The summed E-state index contributed by atoms with van der Waals surface area (Å²) in [7, 11) is 0. The molecule has 3 aromatic rings. The van der Waals surface area contributed by atoms with Crippen molar-refractivity contribution >= 4 is 11.8 Å². The van der Waals surface area contributed by atoms with Gasteiger partial charge in [0.1, 0.15) is 12.0 Å². The third-order valence-electron chi connectivity index (χ3n) is 7.21. The third kappa shape index (κ3) is 5.01. The molecule has 0 unspecified atom stereocenters. The van der Waals surface area contributed by atoms with Gasteiger partial charge in [0.05, 0.1) is 6.04 Å². The van der Waals surface area contributed by atoms with E-state index in [2.05, 4.69) is 52.5 Å². The van der Waals surface area contributed by atoms with Crippen LogP contribution < -0.4 is 10.1 Å². The minimum atomic E-state index is -0.269. The molecular formula is C29H33N3O4. The molecule has 0 bridgehead atoms. The van der Waals surface area contributed by atoms with Gasteiger partial charge in [-0.2, -0.15) is 0 Å². The Kier molecular flexibility index (Phi) is 7.07. The van der Waals surface area contributed by atoms with E-state index in [9.17, 15) is 9.59 Å². The Morgan fingerprint density at radius 3 is 2.67 bits per heavy atom. The number of aromatic nitrogens is 1. The first-order chi connectivity index (χ1) is 17.5. The molecule has 1 saturated carbocycles. The fourth-order valence-corrected chi connectivity index (χ4v) is 5.31. The first kappa shape index (κ1) is 24.1. The van der Waals surface area contributed by atoms with Crippen molar-refractivity contribution in [1.82, 2.24) is 15.2 Å². The molecule has 0 radical (unpaired) electrons. The molecule has 36 heavy (non-hydrogen) atoms. The van der Waals surface area contributed by atoms with Crippen molar-refractivity contribution in [3.05, 3.63) is 82.6 Å². The quantitative estimate of drug-likeness (QED) is 0.508. The zero-order chi connectivity index (χ0) is 25.1. The maximum absolute atomic E-state index is 13.6. The number of benzene rings is 2. The van der Waals surface area contributed by atoms with Gasteiger partial charge in [-0.15, -0.1) is 0 Å². The molecule has 2 aliphatic rings. The molecule has 1 aromatic heterocycles. The molecule has 2 aromatic carbocycles. The van der Waals surface area contributed by atoms with E-state index in [1.54, 1.807) is 0 Å². The first-order valence-electron chi connectivity index (χ1n) is 12.9. The lowest BCUT2D eigenvalue weighted by Gasteiger charge is -2.39. The molecule has 5 rings (SSSR count). The zero-order valence-electron chi connectivity index (χ0n) is 21.0. The van der Waals surface area contributed by atoms with Crippen molar-refractivity contribution in [2.24, 2.45) is 5.92 Å². The number of rotatable bonds is 7. The second-order valence-electron chi connectivity index (χ2n) is 9.71. The molecule has 1 N–H and O–H groups in total. The van der Waals surface area contributed by atoms with Crippen LogP contribution in [0.15, 0.2) is 53.1 Å². The molecular weight excluding hydrogens is 454 g/mol. The Labute approximate surface area is 211 Å². The maximum atomic E-state index is 13.6. The van der Waals surface area contributed by atoms with Crippen molar-refractivity contribution < 1.29 is 18.7 Å². The average Bonchev–Trinajstić information content (AvgIpc) is 3.60. The van der Waals surface area contributed by atoms with Crippen molar-refractivity contribution in [2.75, 3.05) is 13.1 Å². The Morgan fingerprint density at radius 1 is 1.14 bits per heavy atom. The number of aryl methyl sites for hydroxylation is 1. The number of nitrogens with one attached hydrogen (secondary N) is 1. The van der Waals surface area contributed by atoms with Crippen LogP contribution in [0.2, 0.25) is 0 Å². The Bertz CT molecular complexity index is 1230. The van der Waals surface area contributed by atoms with Crippen LogP contribution >= 0.6 is 0 Å². The van der Waals surface area contributed by atoms with Crippen molar-refractivity contribution in [2.45, 2.75) is 58.6 Å². The van der Waals surface area contributed by atoms with Crippen LogP contribution in [0, 0.1) is 12.8 Å². The largest absolute Gasteiger partial charge is 0.484 e. The summed E-state index contributed by atoms with van der Waals surface area (Å²) in [5, 5.41) is 2.71.